The van der Waals surface area contributed by atoms with Crippen LogP contribution in [0.3, 0.4) is 0 Å². The van der Waals surface area contributed by atoms with Crippen LogP contribution >= 0.6 is 15.9 Å². The lowest BCUT2D eigenvalue weighted by atomic mass is 10.3. The van der Waals surface area contributed by atoms with Crippen LogP contribution in [-0.2, 0) is 4.74 Å². The Hall–Kier alpha value is -1.88. The van der Waals surface area contributed by atoms with Crippen LogP contribution in [0.1, 0.15) is 10.4 Å². The van der Waals surface area contributed by atoms with Gasteiger partial charge in [0.15, 0.2) is 0 Å². The van der Waals surface area contributed by atoms with Gasteiger partial charge in [0.2, 0.25) is 5.88 Å². The van der Waals surface area contributed by atoms with Crippen molar-refractivity contribution in [3.05, 3.63) is 52.6 Å². The molecule has 0 saturated carbocycles. The standard InChI is InChI=1S/C13H10BrNO3/c1-17-13(16)9-5-4-8-15-12(9)18-11-7-3-2-6-10(11)14/h2-8H,1H3. The number of ether oxygens (including phenoxy) is 2. The molecule has 0 radical (unpaired) electrons. The average Bonchev–Trinajstić information content (AvgIpc) is 2.41. The molecule has 0 spiro atoms. The van der Waals surface area contributed by atoms with E-state index in [9.17, 15) is 4.79 Å². The fourth-order valence-corrected chi connectivity index (χ4v) is 1.73. The highest BCUT2D eigenvalue weighted by atomic mass is 79.9. The number of esters is 1. The van der Waals surface area contributed by atoms with E-state index in [1.165, 1.54) is 7.11 Å². The van der Waals surface area contributed by atoms with Gasteiger partial charge < -0.3 is 9.47 Å². The third kappa shape index (κ3) is 2.68. The first-order valence-corrected chi connectivity index (χ1v) is 5.97. The molecule has 0 unspecified atom stereocenters. The van der Waals surface area contributed by atoms with Crippen LogP contribution in [0, 0.1) is 0 Å². The Balaban J connectivity index is 2.35. The third-order valence-corrected chi connectivity index (χ3v) is 2.87. The first-order chi connectivity index (χ1) is 8.72. The molecule has 0 aliphatic carbocycles. The minimum absolute atomic E-state index is 0.219. The summed E-state index contributed by atoms with van der Waals surface area (Å²) < 4.78 is 11.1. The number of para-hydroxylation sites is 1. The predicted molar refractivity (Wildman–Crippen MR) is 69.8 cm³/mol. The molecule has 4 nitrogen and oxygen atoms in total. The van der Waals surface area contributed by atoms with Gasteiger partial charge in [-0.05, 0) is 40.2 Å². The number of hydrogen-bond donors (Lipinski definition) is 0. The van der Waals surface area contributed by atoms with Crippen molar-refractivity contribution < 1.29 is 14.3 Å². The van der Waals surface area contributed by atoms with Gasteiger partial charge in [-0.3, -0.25) is 0 Å². The van der Waals surface area contributed by atoms with E-state index in [0.29, 0.717) is 5.75 Å². The SMILES string of the molecule is COC(=O)c1cccnc1Oc1ccccc1Br. The molecular formula is C13H10BrNO3. The largest absolute Gasteiger partial charge is 0.465 e. The molecule has 18 heavy (non-hydrogen) atoms. The molecule has 0 amide bonds. The van der Waals surface area contributed by atoms with E-state index in [0.717, 1.165) is 4.47 Å². The van der Waals surface area contributed by atoms with Crippen LogP contribution in [0.2, 0.25) is 0 Å². The van der Waals surface area contributed by atoms with E-state index in [1.54, 1.807) is 24.4 Å². The second kappa shape index (κ2) is 5.64. The minimum Gasteiger partial charge on any atom is -0.465 e. The fraction of sp³-hybridized carbons (Fsp3) is 0.0769. The highest BCUT2D eigenvalue weighted by Gasteiger charge is 2.15. The van der Waals surface area contributed by atoms with E-state index in [1.807, 2.05) is 18.2 Å². The molecular weight excluding hydrogens is 298 g/mol. The number of nitrogens with zero attached hydrogens (tertiary/aromatic N) is 1. The topological polar surface area (TPSA) is 48.4 Å². The Labute approximate surface area is 113 Å². The lowest BCUT2D eigenvalue weighted by Gasteiger charge is -2.09. The van der Waals surface area contributed by atoms with Crippen molar-refractivity contribution in [2.24, 2.45) is 0 Å². The zero-order valence-corrected chi connectivity index (χ0v) is 11.2. The number of benzene rings is 1. The highest BCUT2D eigenvalue weighted by Crippen LogP contribution is 2.29. The Bertz CT molecular complexity index is 572. The summed E-state index contributed by atoms with van der Waals surface area (Å²) in [7, 11) is 1.32. The molecule has 0 aliphatic heterocycles. The van der Waals surface area contributed by atoms with Crippen LogP contribution in [0.25, 0.3) is 0 Å². The van der Waals surface area contributed by atoms with Gasteiger partial charge in [-0.2, -0.15) is 0 Å². The summed E-state index contributed by atoms with van der Waals surface area (Å²) >= 11 is 3.36. The van der Waals surface area contributed by atoms with Crippen molar-refractivity contribution >= 4 is 21.9 Å². The normalized spacial score (nSPS) is 9.89. The molecule has 1 heterocycles. The van der Waals surface area contributed by atoms with Crippen molar-refractivity contribution in [3.8, 4) is 11.6 Å². The first-order valence-electron chi connectivity index (χ1n) is 5.18. The van der Waals surface area contributed by atoms with Gasteiger partial charge in [-0.25, -0.2) is 9.78 Å². The molecule has 0 fully saturated rings. The molecule has 0 bridgehead atoms. The summed E-state index contributed by atoms with van der Waals surface area (Å²) in [5, 5.41) is 0. The number of methoxy groups -OCH3 is 1. The molecule has 0 saturated heterocycles. The van der Waals surface area contributed by atoms with E-state index in [2.05, 4.69) is 25.7 Å². The van der Waals surface area contributed by atoms with Crippen molar-refractivity contribution in [3.63, 3.8) is 0 Å². The molecule has 1 aromatic carbocycles. The second-order valence-corrected chi connectivity index (χ2v) is 4.23. The van der Waals surface area contributed by atoms with Crippen LogP contribution in [-0.4, -0.2) is 18.1 Å². The number of pyridine rings is 1. The van der Waals surface area contributed by atoms with Crippen molar-refractivity contribution in [1.82, 2.24) is 4.98 Å². The Morgan fingerprint density at radius 1 is 1.22 bits per heavy atom. The smallest absolute Gasteiger partial charge is 0.343 e. The number of aromatic nitrogens is 1. The molecule has 0 atom stereocenters. The van der Waals surface area contributed by atoms with Gasteiger partial charge in [-0.1, -0.05) is 12.1 Å². The van der Waals surface area contributed by atoms with Gasteiger partial charge in [0.1, 0.15) is 11.3 Å². The van der Waals surface area contributed by atoms with Crippen molar-refractivity contribution in [1.29, 1.82) is 0 Å². The quantitative estimate of drug-likeness (QED) is 0.815. The molecule has 5 heteroatoms. The fourth-order valence-electron chi connectivity index (χ4n) is 1.37. The third-order valence-electron chi connectivity index (χ3n) is 2.22. The lowest BCUT2D eigenvalue weighted by molar-refractivity contribution is 0.0597. The van der Waals surface area contributed by atoms with Gasteiger partial charge in [-0.15, -0.1) is 0 Å². The average molecular weight is 308 g/mol. The molecule has 0 N–H and O–H groups in total. The number of hydrogen-bond acceptors (Lipinski definition) is 4. The van der Waals surface area contributed by atoms with E-state index < -0.39 is 5.97 Å². The van der Waals surface area contributed by atoms with E-state index in [4.69, 9.17) is 4.74 Å². The minimum atomic E-state index is -0.481. The molecule has 92 valence electrons. The highest BCUT2D eigenvalue weighted by molar-refractivity contribution is 9.10. The monoisotopic (exact) mass is 307 g/mol. The Kier molecular flexibility index (Phi) is 3.94. The maximum atomic E-state index is 11.6. The maximum Gasteiger partial charge on any atom is 0.343 e. The van der Waals surface area contributed by atoms with Gasteiger partial charge in [0.05, 0.1) is 11.6 Å². The van der Waals surface area contributed by atoms with Gasteiger partial charge >= 0.3 is 5.97 Å². The summed E-state index contributed by atoms with van der Waals surface area (Å²) in [6.07, 6.45) is 1.55. The lowest BCUT2D eigenvalue weighted by Crippen LogP contribution is -2.04. The molecule has 0 aliphatic rings. The Morgan fingerprint density at radius 3 is 2.72 bits per heavy atom. The molecule has 1 aromatic heterocycles. The summed E-state index contributed by atoms with van der Waals surface area (Å²) in [4.78, 5) is 15.6. The van der Waals surface area contributed by atoms with Gasteiger partial charge in [0, 0.05) is 6.20 Å². The summed E-state index contributed by atoms with van der Waals surface area (Å²) in [5.74, 6) is 0.322. The van der Waals surface area contributed by atoms with Gasteiger partial charge in [0.25, 0.3) is 0 Å². The second-order valence-electron chi connectivity index (χ2n) is 3.38. The summed E-state index contributed by atoms with van der Waals surface area (Å²) in [6.45, 7) is 0. The van der Waals surface area contributed by atoms with Crippen LogP contribution in [0.5, 0.6) is 11.6 Å². The summed E-state index contributed by atoms with van der Waals surface area (Å²) in [6, 6.07) is 10.6. The van der Waals surface area contributed by atoms with Crippen molar-refractivity contribution in [2.45, 2.75) is 0 Å². The Morgan fingerprint density at radius 2 is 2.00 bits per heavy atom. The van der Waals surface area contributed by atoms with Crippen LogP contribution in [0.4, 0.5) is 0 Å². The summed E-state index contributed by atoms with van der Waals surface area (Å²) in [5.41, 5.74) is 0.288. The predicted octanol–water partition coefficient (Wildman–Crippen LogP) is 3.42. The van der Waals surface area contributed by atoms with Crippen LogP contribution < -0.4 is 4.74 Å². The zero-order valence-electron chi connectivity index (χ0n) is 9.59. The number of rotatable bonds is 3. The van der Waals surface area contributed by atoms with Crippen molar-refractivity contribution in [2.75, 3.05) is 7.11 Å². The maximum absolute atomic E-state index is 11.6. The molecule has 2 aromatic rings. The van der Waals surface area contributed by atoms with E-state index >= 15 is 0 Å². The number of halogens is 1. The number of carbonyl (C=O) groups is 1. The number of carbonyl (C=O) groups excluding carboxylic acids is 1. The first kappa shape index (κ1) is 12.6. The zero-order chi connectivity index (χ0) is 13.0. The molecule has 2 rings (SSSR count). The van der Waals surface area contributed by atoms with E-state index in [-0.39, 0.29) is 11.4 Å². The van der Waals surface area contributed by atoms with Crippen LogP contribution in [0.15, 0.2) is 47.1 Å².